The van der Waals surface area contributed by atoms with Crippen LogP contribution in [0.25, 0.3) is 0 Å². The summed E-state index contributed by atoms with van der Waals surface area (Å²) in [6, 6.07) is 10.9. The summed E-state index contributed by atoms with van der Waals surface area (Å²) in [6.07, 6.45) is 3.48. The van der Waals surface area contributed by atoms with Crippen LogP contribution in [0.15, 0.2) is 48.8 Å². The molecule has 0 amide bonds. The number of aromatic nitrogens is 1. The predicted molar refractivity (Wildman–Crippen MR) is 68.2 cm³/mol. The molecule has 0 saturated heterocycles. The molecule has 0 atom stereocenters. The van der Waals surface area contributed by atoms with Crippen molar-refractivity contribution in [1.82, 2.24) is 10.3 Å². The van der Waals surface area contributed by atoms with Crippen molar-refractivity contribution in [2.24, 2.45) is 0 Å². The monoisotopic (exact) mass is 242 g/mol. The van der Waals surface area contributed by atoms with Crippen LogP contribution in [0.1, 0.15) is 21.5 Å². The zero-order valence-electron chi connectivity index (χ0n) is 9.84. The van der Waals surface area contributed by atoms with Crippen LogP contribution in [0.3, 0.4) is 0 Å². The first kappa shape index (κ1) is 12.3. The van der Waals surface area contributed by atoms with E-state index in [-0.39, 0.29) is 0 Å². The largest absolute Gasteiger partial charge is 0.478 e. The fourth-order valence-electron chi connectivity index (χ4n) is 1.73. The Kier molecular flexibility index (Phi) is 4.04. The summed E-state index contributed by atoms with van der Waals surface area (Å²) >= 11 is 0. The van der Waals surface area contributed by atoms with Gasteiger partial charge in [0, 0.05) is 25.5 Å². The quantitative estimate of drug-likeness (QED) is 0.842. The van der Waals surface area contributed by atoms with Crippen molar-refractivity contribution in [3.8, 4) is 0 Å². The zero-order chi connectivity index (χ0) is 12.8. The number of hydrogen-bond donors (Lipinski definition) is 2. The van der Waals surface area contributed by atoms with Crippen molar-refractivity contribution in [1.29, 1.82) is 0 Å². The summed E-state index contributed by atoms with van der Waals surface area (Å²) in [7, 11) is 0. The van der Waals surface area contributed by atoms with E-state index in [1.54, 1.807) is 24.5 Å². The number of rotatable bonds is 5. The van der Waals surface area contributed by atoms with Gasteiger partial charge < -0.3 is 10.4 Å². The van der Waals surface area contributed by atoms with E-state index in [1.807, 2.05) is 24.3 Å². The standard InChI is InChI=1S/C14H14N2O2/c17-14(18)13-4-2-1-3-12(13)10-16-9-11-5-7-15-8-6-11/h1-8,16H,9-10H2,(H,17,18). The minimum absolute atomic E-state index is 0.347. The highest BCUT2D eigenvalue weighted by Gasteiger charge is 2.07. The van der Waals surface area contributed by atoms with Gasteiger partial charge in [0.2, 0.25) is 0 Å². The van der Waals surface area contributed by atoms with Gasteiger partial charge in [0.25, 0.3) is 0 Å². The molecule has 0 bridgehead atoms. The molecule has 0 saturated carbocycles. The molecule has 18 heavy (non-hydrogen) atoms. The molecule has 2 aromatic rings. The topological polar surface area (TPSA) is 62.2 Å². The lowest BCUT2D eigenvalue weighted by molar-refractivity contribution is 0.0695. The van der Waals surface area contributed by atoms with Crippen LogP contribution >= 0.6 is 0 Å². The normalized spacial score (nSPS) is 10.2. The van der Waals surface area contributed by atoms with Gasteiger partial charge in [-0.15, -0.1) is 0 Å². The molecule has 0 fully saturated rings. The van der Waals surface area contributed by atoms with Crippen molar-refractivity contribution >= 4 is 5.97 Å². The van der Waals surface area contributed by atoms with E-state index in [1.165, 1.54) is 0 Å². The maximum absolute atomic E-state index is 11.0. The van der Waals surface area contributed by atoms with Gasteiger partial charge in [-0.05, 0) is 29.3 Å². The van der Waals surface area contributed by atoms with Gasteiger partial charge in [0.1, 0.15) is 0 Å². The fourth-order valence-corrected chi connectivity index (χ4v) is 1.73. The molecule has 4 nitrogen and oxygen atoms in total. The van der Waals surface area contributed by atoms with E-state index in [0.717, 1.165) is 11.1 Å². The summed E-state index contributed by atoms with van der Waals surface area (Å²) in [5.41, 5.74) is 2.26. The van der Waals surface area contributed by atoms with E-state index < -0.39 is 5.97 Å². The molecule has 4 heteroatoms. The molecule has 2 N–H and O–H groups in total. The summed E-state index contributed by atoms with van der Waals surface area (Å²) in [6.45, 7) is 1.22. The molecule has 0 spiro atoms. The van der Waals surface area contributed by atoms with Crippen molar-refractivity contribution < 1.29 is 9.90 Å². The molecule has 0 radical (unpaired) electrons. The van der Waals surface area contributed by atoms with Crippen LogP contribution in [-0.4, -0.2) is 16.1 Å². The highest BCUT2D eigenvalue weighted by molar-refractivity contribution is 5.89. The molecule has 0 aliphatic rings. The second kappa shape index (κ2) is 5.93. The predicted octanol–water partition coefficient (Wildman–Crippen LogP) is 2.07. The Bertz CT molecular complexity index is 526. The number of carboxylic acids is 1. The number of hydrogen-bond acceptors (Lipinski definition) is 3. The number of carboxylic acid groups (broad SMARTS) is 1. The number of benzene rings is 1. The van der Waals surface area contributed by atoms with Crippen LogP contribution in [-0.2, 0) is 13.1 Å². The van der Waals surface area contributed by atoms with Gasteiger partial charge in [0.15, 0.2) is 0 Å². The van der Waals surface area contributed by atoms with E-state index in [0.29, 0.717) is 18.7 Å². The molecule has 2 rings (SSSR count). The van der Waals surface area contributed by atoms with Crippen LogP contribution < -0.4 is 5.32 Å². The smallest absolute Gasteiger partial charge is 0.336 e. The van der Waals surface area contributed by atoms with E-state index >= 15 is 0 Å². The Morgan fingerprint density at radius 2 is 1.83 bits per heavy atom. The summed E-state index contributed by atoms with van der Waals surface area (Å²) in [5.74, 6) is -0.892. The lowest BCUT2D eigenvalue weighted by atomic mass is 10.1. The fraction of sp³-hybridized carbons (Fsp3) is 0.143. The molecule has 0 aliphatic heterocycles. The molecular formula is C14H14N2O2. The van der Waals surface area contributed by atoms with Crippen LogP contribution in [0, 0.1) is 0 Å². The number of nitrogens with zero attached hydrogens (tertiary/aromatic N) is 1. The maximum Gasteiger partial charge on any atom is 0.336 e. The van der Waals surface area contributed by atoms with Gasteiger partial charge in [0.05, 0.1) is 5.56 Å². The summed E-state index contributed by atoms with van der Waals surface area (Å²) in [4.78, 5) is 15.0. The third kappa shape index (κ3) is 3.15. The minimum atomic E-state index is -0.892. The maximum atomic E-state index is 11.0. The van der Waals surface area contributed by atoms with Crippen molar-refractivity contribution in [3.05, 3.63) is 65.5 Å². The number of pyridine rings is 1. The van der Waals surface area contributed by atoms with Crippen molar-refractivity contribution in [2.75, 3.05) is 0 Å². The average Bonchev–Trinajstić information content (AvgIpc) is 2.40. The zero-order valence-corrected chi connectivity index (χ0v) is 9.84. The molecule has 1 aromatic heterocycles. The van der Waals surface area contributed by atoms with Crippen LogP contribution in [0.2, 0.25) is 0 Å². The lowest BCUT2D eigenvalue weighted by Gasteiger charge is -2.07. The Balaban J connectivity index is 1.97. The SMILES string of the molecule is O=C(O)c1ccccc1CNCc1ccncc1. The third-order valence-electron chi connectivity index (χ3n) is 2.64. The highest BCUT2D eigenvalue weighted by Crippen LogP contribution is 2.08. The molecule has 1 aromatic carbocycles. The van der Waals surface area contributed by atoms with Crippen molar-refractivity contribution in [2.45, 2.75) is 13.1 Å². The van der Waals surface area contributed by atoms with Gasteiger partial charge >= 0.3 is 5.97 Å². The average molecular weight is 242 g/mol. The van der Waals surface area contributed by atoms with Gasteiger partial charge in [-0.25, -0.2) is 4.79 Å². The molecule has 0 unspecified atom stereocenters. The highest BCUT2D eigenvalue weighted by atomic mass is 16.4. The molecule has 0 aliphatic carbocycles. The number of nitrogens with one attached hydrogen (secondary N) is 1. The number of carbonyl (C=O) groups is 1. The Morgan fingerprint density at radius 3 is 2.56 bits per heavy atom. The Morgan fingerprint density at radius 1 is 1.11 bits per heavy atom. The van der Waals surface area contributed by atoms with Gasteiger partial charge in [-0.3, -0.25) is 4.98 Å². The summed E-state index contributed by atoms with van der Waals surface area (Å²) in [5, 5.41) is 12.3. The second-order valence-electron chi connectivity index (χ2n) is 3.92. The van der Waals surface area contributed by atoms with Crippen LogP contribution in [0.5, 0.6) is 0 Å². The number of aromatic carboxylic acids is 1. The Hall–Kier alpha value is -2.20. The Labute approximate surface area is 105 Å². The molecule has 92 valence electrons. The third-order valence-corrected chi connectivity index (χ3v) is 2.64. The van der Waals surface area contributed by atoms with Crippen molar-refractivity contribution in [3.63, 3.8) is 0 Å². The van der Waals surface area contributed by atoms with E-state index in [2.05, 4.69) is 10.3 Å². The summed E-state index contributed by atoms with van der Waals surface area (Å²) < 4.78 is 0. The minimum Gasteiger partial charge on any atom is -0.478 e. The lowest BCUT2D eigenvalue weighted by Crippen LogP contribution is -2.15. The second-order valence-corrected chi connectivity index (χ2v) is 3.92. The van der Waals surface area contributed by atoms with E-state index in [9.17, 15) is 4.79 Å². The first-order valence-corrected chi connectivity index (χ1v) is 5.68. The first-order valence-electron chi connectivity index (χ1n) is 5.68. The van der Waals surface area contributed by atoms with Gasteiger partial charge in [-0.1, -0.05) is 18.2 Å². The van der Waals surface area contributed by atoms with Gasteiger partial charge in [-0.2, -0.15) is 0 Å². The first-order chi connectivity index (χ1) is 8.77. The van der Waals surface area contributed by atoms with Crippen LogP contribution in [0.4, 0.5) is 0 Å². The molecular weight excluding hydrogens is 228 g/mol. The molecule has 1 heterocycles. The van der Waals surface area contributed by atoms with E-state index in [4.69, 9.17) is 5.11 Å².